The van der Waals surface area contributed by atoms with Crippen LogP contribution in [0, 0.1) is 11.6 Å². The van der Waals surface area contributed by atoms with Crippen molar-refractivity contribution < 1.29 is 13.6 Å². The molecule has 0 radical (unpaired) electrons. The van der Waals surface area contributed by atoms with Crippen LogP contribution in [-0.2, 0) is 4.79 Å². The number of H-pyrrole nitrogens is 1. The second kappa shape index (κ2) is 6.11. The van der Waals surface area contributed by atoms with Gasteiger partial charge in [0.2, 0.25) is 5.91 Å². The molecule has 2 heterocycles. The van der Waals surface area contributed by atoms with Gasteiger partial charge in [0.05, 0.1) is 5.56 Å². The number of aromatic nitrogens is 2. The molecule has 2 N–H and O–H groups in total. The SMILES string of the molecule is CCSc1nc2c(c(=O)[nH]1)[C@H](c1cccc(F)c1F)CC(=O)N2. The molecule has 0 spiro atoms. The number of nitrogens with zero attached hydrogens (tertiary/aromatic N) is 1. The molecule has 3 rings (SSSR count). The molecule has 1 aliphatic heterocycles. The zero-order valence-electron chi connectivity index (χ0n) is 12.2. The monoisotopic (exact) mass is 337 g/mol. The maximum absolute atomic E-state index is 14.1. The molecule has 0 aliphatic carbocycles. The number of rotatable bonds is 3. The van der Waals surface area contributed by atoms with Crippen LogP contribution in [0.1, 0.15) is 30.4 Å². The lowest BCUT2D eigenvalue weighted by Crippen LogP contribution is -2.31. The molecule has 1 aliphatic rings. The lowest BCUT2D eigenvalue weighted by molar-refractivity contribution is -0.116. The minimum absolute atomic E-state index is 0.0238. The molecule has 1 atom stereocenters. The summed E-state index contributed by atoms with van der Waals surface area (Å²) in [5, 5.41) is 2.91. The van der Waals surface area contributed by atoms with Crippen LogP contribution in [0.15, 0.2) is 28.2 Å². The number of anilines is 1. The minimum Gasteiger partial charge on any atom is -0.310 e. The molecule has 1 aromatic carbocycles. The van der Waals surface area contributed by atoms with Gasteiger partial charge < -0.3 is 10.3 Å². The van der Waals surface area contributed by atoms with Crippen molar-refractivity contribution in [1.29, 1.82) is 0 Å². The van der Waals surface area contributed by atoms with E-state index in [2.05, 4.69) is 15.3 Å². The first-order chi connectivity index (χ1) is 11.0. The topological polar surface area (TPSA) is 74.8 Å². The van der Waals surface area contributed by atoms with E-state index in [0.717, 1.165) is 6.07 Å². The van der Waals surface area contributed by atoms with Gasteiger partial charge in [-0.1, -0.05) is 30.8 Å². The first-order valence-corrected chi connectivity index (χ1v) is 8.00. The van der Waals surface area contributed by atoms with E-state index in [0.29, 0.717) is 10.9 Å². The average Bonchev–Trinajstić information content (AvgIpc) is 2.49. The summed E-state index contributed by atoms with van der Waals surface area (Å²) in [5.74, 6) is -2.53. The molecule has 1 amide bonds. The molecule has 8 heteroatoms. The Morgan fingerprint density at radius 1 is 1.35 bits per heavy atom. The number of fused-ring (bicyclic) bond motifs is 1. The van der Waals surface area contributed by atoms with Crippen molar-refractivity contribution in [3.8, 4) is 0 Å². The van der Waals surface area contributed by atoms with Gasteiger partial charge in [0, 0.05) is 12.3 Å². The average molecular weight is 337 g/mol. The Kier molecular flexibility index (Phi) is 4.16. The number of amides is 1. The number of hydrogen-bond donors (Lipinski definition) is 2. The second-order valence-electron chi connectivity index (χ2n) is 5.01. The van der Waals surface area contributed by atoms with Crippen molar-refractivity contribution in [2.45, 2.75) is 24.4 Å². The van der Waals surface area contributed by atoms with Gasteiger partial charge in [-0.25, -0.2) is 13.8 Å². The Hall–Kier alpha value is -2.22. The Labute approximate surface area is 134 Å². The molecular weight excluding hydrogens is 324 g/mol. The fourth-order valence-corrected chi connectivity index (χ4v) is 3.21. The van der Waals surface area contributed by atoms with Crippen LogP contribution in [-0.4, -0.2) is 21.6 Å². The maximum Gasteiger partial charge on any atom is 0.257 e. The van der Waals surface area contributed by atoms with Crippen LogP contribution < -0.4 is 10.9 Å². The predicted octanol–water partition coefficient (Wildman–Crippen LogP) is 2.63. The number of halogens is 2. The number of aromatic amines is 1. The molecule has 0 saturated heterocycles. The molecule has 0 unspecified atom stereocenters. The van der Waals surface area contributed by atoms with Gasteiger partial charge in [-0.15, -0.1) is 0 Å². The second-order valence-corrected chi connectivity index (χ2v) is 6.27. The lowest BCUT2D eigenvalue weighted by atomic mass is 9.86. The van der Waals surface area contributed by atoms with Crippen molar-refractivity contribution in [2.75, 3.05) is 11.1 Å². The zero-order chi connectivity index (χ0) is 16.6. The molecule has 0 fully saturated rings. The maximum atomic E-state index is 14.1. The quantitative estimate of drug-likeness (QED) is 0.667. The highest BCUT2D eigenvalue weighted by molar-refractivity contribution is 7.99. The van der Waals surface area contributed by atoms with E-state index < -0.39 is 29.0 Å². The van der Waals surface area contributed by atoms with E-state index in [1.165, 1.54) is 23.9 Å². The van der Waals surface area contributed by atoms with E-state index >= 15 is 0 Å². The van der Waals surface area contributed by atoms with Crippen LogP contribution >= 0.6 is 11.8 Å². The molecule has 23 heavy (non-hydrogen) atoms. The van der Waals surface area contributed by atoms with E-state index in [-0.39, 0.29) is 23.4 Å². The number of hydrogen-bond acceptors (Lipinski definition) is 4. The third-order valence-electron chi connectivity index (χ3n) is 3.57. The smallest absolute Gasteiger partial charge is 0.257 e. The van der Waals surface area contributed by atoms with Crippen molar-refractivity contribution in [3.05, 3.63) is 51.3 Å². The number of carbonyl (C=O) groups excluding carboxylic acids is 1. The summed E-state index contributed by atoms with van der Waals surface area (Å²) in [6.45, 7) is 1.90. The van der Waals surface area contributed by atoms with Crippen molar-refractivity contribution in [3.63, 3.8) is 0 Å². The minimum atomic E-state index is -1.05. The van der Waals surface area contributed by atoms with E-state index in [1.807, 2.05) is 6.92 Å². The van der Waals surface area contributed by atoms with Gasteiger partial charge in [0.25, 0.3) is 5.56 Å². The standard InChI is InChI=1S/C15H13F2N3O2S/c1-2-23-15-19-13-11(14(22)20-15)8(6-10(21)18-13)7-4-3-5-9(16)12(7)17/h3-5,8H,2,6H2,1H3,(H2,18,19,20,21,22)/t8-/m0/s1. The molecule has 0 saturated carbocycles. The number of thioether (sulfide) groups is 1. The van der Waals surface area contributed by atoms with Crippen LogP contribution in [0.3, 0.4) is 0 Å². The fourth-order valence-electron chi connectivity index (χ4n) is 2.61. The first kappa shape index (κ1) is 15.7. The summed E-state index contributed by atoms with van der Waals surface area (Å²) in [5.41, 5.74) is -0.335. The molecule has 120 valence electrons. The first-order valence-electron chi connectivity index (χ1n) is 7.02. The third-order valence-corrected chi connectivity index (χ3v) is 4.32. The van der Waals surface area contributed by atoms with Gasteiger partial charge in [-0.3, -0.25) is 9.59 Å². The fraction of sp³-hybridized carbons (Fsp3) is 0.267. The summed E-state index contributed by atoms with van der Waals surface area (Å²) in [7, 11) is 0. The van der Waals surface area contributed by atoms with Gasteiger partial charge in [0.1, 0.15) is 5.82 Å². The van der Waals surface area contributed by atoms with Gasteiger partial charge >= 0.3 is 0 Å². The summed E-state index contributed by atoms with van der Waals surface area (Å²) in [6.07, 6.45) is -0.140. The highest BCUT2D eigenvalue weighted by Crippen LogP contribution is 2.35. The molecule has 5 nitrogen and oxygen atoms in total. The Morgan fingerprint density at radius 2 is 2.13 bits per heavy atom. The predicted molar refractivity (Wildman–Crippen MR) is 82.7 cm³/mol. The van der Waals surface area contributed by atoms with E-state index in [1.54, 1.807) is 0 Å². The molecule has 2 aromatic rings. The van der Waals surface area contributed by atoms with Gasteiger partial charge in [-0.2, -0.15) is 0 Å². The number of carbonyl (C=O) groups is 1. The summed E-state index contributed by atoms with van der Waals surface area (Å²) >= 11 is 1.31. The van der Waals surface area contributed by atoms with Gasteiger partial charge in [0.15, 0.2) is 16.8 Å². The van der Waals surface area contributed by atoms with Crippen molar-refractivity contribution in [1.82, 2.24) is 9.97 Å². The van der Waals surface area contributed by atoms with Crippen molar-refractivity contribution in [2.24, 2.45) is 0 Å². The van der Waals surface area contributed by atoms with Crippen LogP contribution in [0.5, 0.6) is 0 Å². The normalized spacial score (nSPS) is 16.8. The largest absolute Gasteiger partial charge is 0.310 e. The Bertz CT molecular complexity index is 838. The van der Waals surface area contributed by atoms with Crippen LogP contribution in [0.4, 0.5) is 14.6 Å². The third kappa shape index (κ3) is 2.86. The van der Waals surface area contributed by atoms with E-state index in [4.69, 9.17) is 0 Å². The molecule has 1 aromatic heterocycles. The van der Waals surface area contributed by atoms with E-state index in [9.17, 15) is 18.4 Å². The highest BCUT2D eigenvalue weighted by Gasteiger charge is 2.33. The van der Waals surface area contributed by atoms with Crippen LogP contribution in [0.2, 0.25) is 0 Å². The van der Waals surface area contributed by atoms with Crippen molar-refractivity contribution >= 4 is 23.5 Å². The Balaban J connectivity index is 2.17. The highest BCUT2D eigenvalue weighted by atomic mass is 32.2. The number of benzene rings is 1. The Morgan fingerprint density at radius 3 is 2.87 bits per heavy atom. The van der Waals surface area contributed by atoms with Crippen LogP contribution in [0.25, 0.3) is 0 Å². The molecule has 0 bridgehead atoms. The van der Waals surface area contributed by atoms with Gasteiger partial charge in [-0.05, 0) is 17.4 Å². The summed E-state index contributed by atoms with van der Waals surface area (Å²) in [6, 6.07) is 3.72. The number of nitrogens with one attached hydrogen (secondary N) is 2. The lowest BCUT2D eigenvalue weighted by Gasteiger charge is -2.24. The summed E-state index contributed by atoms with van der Waals surface area (Å²) in [4.78, 5) is 31.1. The zero-order valence-corrected chi connectivity index (χ0v) is 13.0. The molecular formula is C15H13F2N3O2S. The summed E-state index contributed by atoms with van der Waals surface area (Å²) < 4.78 is 27.6.